The number of likely N-dealkylation sites (N-methyl/N-ethyl adjacent to an activating group) is 1. The van der Waals surface area contributed by atoms with E-state index in [9.17, 15) is 0 Å². The van der Waals surface area contributed by atoms with Crippen molar-refractivity contribution in [2.75, 3.05) is 20.1 Å². The Labute approximate surface area is 110 Å². The van der Waals surface area contributed by atoms with Gasteiger partial charge in [-0.25, -0.2) is 4.98 Å². The Balaban J connectivity index is 1.97. The van der Waals surface area contributed by atoms with Crippen molar-refractivity contribution in [2.24, 2.45) is 0 Å². The zero-order chi connectivity index (χ0) is 11.8. The third kappa shape index (κ3) is 2.11. The molecule has 3 nitrogen and oxygen atoms in total. The molecule has 0 bridgehead atoms. The van der Waals surface area contributed by atoms with Crippen LogP contribution in [0.4, 0.5) is 0 Å². The molecule has 1 unspecified atom stereocenters. The highest BCUT2D eigenvalue weighted by Gasteiger charge is 2.21. The second kappa shape index (κ2) is 4.42. The number of rotatable bonds is 1. The number of pyridine rings is 1. The molecule has 2 aromatic heterocycles. The molecule has 1 atom stereocenters. The van der Waals surface area contributed by atoms with E-state index in [4.69, 9.17) is 4.98 Å². The van der Waals surface area contributed by atoms with Crippen LogP contribution in [0.5, 0.6) is 0 Å². The van der Waals surface area contributed by atoms with Crippen molar-refractivity contribution in [3.8, 4) is 0 Å². The molecule has 1 aliphatic heterocycles. The fourth-order valence-corrected chi connectivity index (χ4v) is 3.04. The Morgan fingerprint density at radius 3 is 3.06 bits per heavy atom. The summed E-state index contributed by atoms with van der Waals surface area (Å²) < 4.78 is 3.18. The van der Waals surface area contributed by atoms with E-state index in [2.05, 4.69) is 44.5 Å². The summed E-state index contributed by atoms with van der Waals surface area (Å²) in [7, 11) is 2.19. The van der Waals surface area contributed by atoms with Crippen LogP contribution in [0.2, 0.25) is 0 Å². The Kier molecular flexibility index (Phi) is 2.92. The molecule has 0 radical (unpaired) electrons. The highest BCUT2D eigenvalue weighted by Crippen LogP contribution is 2.26. The van der Waals surface area contributed by atoms with Crippen LogP contribution < -0.4 is 0 Å². The Morgan fingerprint density at radius 2 is 2.29 bits per heavy atom. The lowest BCUT2D eigenvalue weighted by atomic mass is 9.96. The molecule has 1 fully saturated rings. The largest absolute Gasteiger partial charge is 0.306 e. The topological polar surface area (TPSA) is 20.5 Å². The summed E-state index contributed by atoms with van der Waals surface area (Å²) in [5.74, 6) is 0.584. The van der Waals surface area contributed by atoms with Crippen LogP contribution in [0.15, 0.2) is 29.0 Å². The maximum Gasteiger partial charge on any atom is 0.137 e. The first-order valence-corrected chi connectivity index (χ1v) is 6.85. The lowest BCUT2D eigenvalue weighted by Gasteiger charge is -2.28. The van der Waals surface area contributed by atoms with Gasteiger partial charge in [0.25, 0.3) is 0 Å². The monoisotopic (exact) mass is 293 g/mol. The molecule has 0 amide bonds. The SMILES string of the molecule is CN1CCCC(c2cn3c(Br)cccc3n2)C1. The first-order valence-electron chi connectivity index (χ1n) is 6.06. The Hall–Kier alpha value is -0.870. The lowest BCUT2D eigenvalue weighted by Crippen LogP contribution is -2.30. The first-order chi connectivity index (χ1) is 8.24. The predicted molar refractivity (Wildman–Crippen MR) is 72.4 cm³/mol. The second-order valence-corrected chi connectivity index (χ2v) is 5.66. The second-order valence-electron chi connectivity index (χ2n) is 4.84. The summed E-state index contributed by atoms with van der Waals surface area (Å²) in [6, 6.07) is 6.13. The van der Waals surface area contributed by atoms with Crippen molar-refractivity contribution >= 4 is 21.6 Å². The van der Waals surface area contributed by atoms with Crippen LogP contribution in [-0.2, 0) is 0 Å². The number of piperidine rings is 1. The average molecular weight is 294 g/mol. The maximum atomic E-state index is 4.74. The van der Waals surface area contributed by atoms with E-state index in [1.807, 2.05) is 12.1 Å². The molecule has 90 valence electrons. The minimum absolute atomic E-state index is 0.584. The minimum Gasteiger partial charge on any atom is -0.306 e. The molecule has 2 aromatic rings. The van der Waals surface area contributed by atoms with Gasteiger partial charge in [-0.05, 0) is 54.5 Å². The molecule has 0 saturated carbocycles. The summed E-state index contributed by atoms with van der Waals surface area (Å²) in [5, 5.41) is 0. The van der Waals surface area contributed by atoms with E-state index < -0.39 is 0 Å². The summed E-state index contributed by atoms with van der Waals surface area (Å²) in [6.07, 6.45) is 4.70. The number of hydrogen-bond acceptors (Lipinski definition) is 2. The van der Waals surface area contributed by atoms with Gasteiger partial charge in [-0.15, -0.1) is 0 Å². The number of hydrogen-bond donors (Lipinski definition) is 0. The number of likely N-dealkylation sites (tertiary alicyclic amines) is 1. The minimum atomic E-state index is 0.584. The standard InChI is InChI=1S/C13H16BrN3/c1-16-7-3-4-10(8-16)11-9-17-12(14)5-2-6-13(17)15-11/h2,5-6,9-10H,3-4,7-8H2,1H3. The summed E-state index contributed by atoms with van der Waals surface area (Å²) in [5.41, 5.74) is 2.26. The van der Waals surface area contributed by atoms with Crippen molar-refractivity contribution in [3.63, 3.8) is 0 Å². The van der Waals surface area contributed by atoms with Crippen LogP contribution in [0, 0.1) is 0 Å². The zero-order valence-corrected chi connectivity index (χ0v) is 11.5. The van der Waals surface area contributed by atoms with Gasteiger partial charge in [0.1, 0.15) is 5.65 Å². The molecule has 4 heteroatoms. The molecule has 1 aliphatic rings. The van der Waals surface area contributed by atoms with Gasteiger partial charge in [0, 0.05) is 18.7 Å². The number of aromatic nitrogens is 2. The fraction of sp³-hybridized carbons (Fsp3) is 0.462. The van der Waals surface area contributed by atoms with E-state index in [-0.39, 0.29) is 0 Å². The van der Waals surface area contributed by atoms with Crippen LogP contribution in [0.1, 0.15) is 24.5 Å². The van der Waals surface area contributed by atoms with Gasteiger partial charge in [-0.3, -0.25) is 4.40 Å². The third-order valence-corrected chi connectivity index (χ3v) is 4.15. The lowest BCUT2D eigenvalue weighted by molar-refractivity contribution is 0.249. The molecule has 3 rings (SSSR count). The van der Waals surface area contributed by atoms with E-state index >= 15 is 0 Å². The van der Waals surface area contributed by atoms with Gasteiger partial charge in [-0.1, -0.05) is 6.07 Å². The van der Waals surface area contributed by atoms with Crippen LogP contribution in [-0.4, -0.2) is 34.4 Å². The van der Waals surface area contributed by atoms with Gasteiger partial charge in [0.15, 0.2) is 0 Å². The Morgan fingerprint density at radius 1 is 1.41 bits per heavy atom. The smallest absolute Gasteiger partial charge is 0.137 e. The van der Waals surface area contributed by atoms with Gasteiger partial charge in [0.05, 0.1) is 10.3 Å². The summed E-state index contributed by atoms with van der Waals surface area (Å²) >= 11 is 3.56. The highest BCUT2D eigenvalue weighted by atomic mass is 79.9. The molecule has 1 saturated heterocycles. The van der Waals surface area contributed by atoms with Crippen molar-refractivity contribution in [1.82, 2.24) is 14.3 Å². The summed E-state index contributed by atoms with van der Waals surface area (Å²) in [6.45, 7) is 2.34. The molecule has 0 aromatic carbocycles. The van der Waals surface area contributed by atoms with Crippen molar-refractivity contribution in [3.05, 3.63) is 34.7 Å². The van der Waals surface area contributed by atoms with Gasteiger partial charge >= 0.3 is 0 Å². The van der Waals surface area contributed by atoms with Crippen molar-refractivity contribution in [1.29, 1.82) is 0 Å². The molecule has 17 heavy (non-hydrogen) atoms. The Bertz CT molecular complexity index is 534. The predicted octanol–water partition coefficient (Wildman–Crippen LogP) is 2.91. The maximum absolute atomic E-state index is 4.74. The number of fused-ring (bicyclic) bond motifs is 1. The third-order valence-electron chi connectivity index (χ3n) is 3.50. The van der Waals surface area contributed by atoms with Crippen LogP contribution >= 0.6 is 15.9 Å². The first kappa shape index (κ1) is 11.2. The van der Waals surface area contributed by atoms with Crippen molar-refractivity contribution in [2.45, 2.75) is 18.8 Å². The van der Waals surface area contributed by atoms with Crippen LogP contribution in [0.25, 0.3) is 5.65 Å². The average Bonchev–Trinajstić information content (AvgIpc) is 2.74. The quantitative estimate of drug-likeness (QED) is 0.754. The van der Waals surface area contributed by atoms with Gasteiger partial charge in [-0.2, -0.15) is 0 Å². The molecular weight excluding hydrogens is 278 g/mol. The number of imidazole rings is 1. The molecule has 0 spiro atoms. The van der Waals surface area contributed by atoms with E-state index in [0.717, 1.165) is 16.8 Å². The van der Waals surface area contributed by atoms with Gasteiger partial charge in [0.2, 0.25) is 0 Å². The number of nitrogens with zero attached hydrogens (tertiary/aromatic N) is 3. The number of halogens is 1. The van der Waals surface area contributed by atoms with Crippen molar-refractivity contribution < 1.29 is 0 Å². The van der Waals surface area contributed by atoms with E-state index in [0.29, 0.717) is 5.92 Å². The van der Waals surface area contributed by atoms with E-state index in [1.165, 1.54) is 25.1 Å². The van der Waals surface area contributed by atoms with E-state index in [1.54, 1.807) is 0 Å². The molecular formula is C13H16BrN3. The van der Waals surface area contributed by atoms with Crippen LogP contribution in [0.3, 0.4) is 0 Å². The zero-order valence-electron chi connectivity index (χ0n) is 9.93. The highest BCUT2D eigenvalue weighted by molar-refractivity contribution is 9.10. The fourth-order valence-electron chi connectivity index (χ4n) is 2.60. The molecule has 0 aliphatic carbocycles. The molecule has 0 N–H and O–H groups in total. The molecule has 3 heterocycles. The van der Waals surface area contributed by atoms with Gasteiger partial charge < -0.3 is 4.90 Å². The normalized spacial score (nSPS) is 22.1. The summed E-state index contributed by atoms with van der Waals surface area (Å²) in [4.78, 5) is 7.13.